The van der Waals surface area contributed by atoms with Crippen molar-refractivity contribution in [2.75, 3.05) is 18.5 Å². The number of hydrogen-bond donors (Lipinski definition) is 1. The maximum Gasteiger partial charge on any atom is 0.229 e. The Morgan fingerprint density at radius 1 is 1.42 bits per heavy atom. The van der Waals surface area contributed by atoms with Crippen molar-refractivity contribution in [3.05, 3.63) is 36.0 Å². The highest BCUT2D eigenvalue weighted by molar-refractivity contribution is 5.94. The second kappa shape index (κ2) is 4.97. The molecule has 1 aliphatic heterocycles. The molecule has 1 aliphatic rings. The van der Waals surface area contributed by atoms with Crippen LogP contribution in [0.15, 0.2) is 30.5 Å². The van der Waals surface area contributed by atoms with E-state index in [1.165, 1.54) is 5.56 Å². The number of pyridine rings is 1. The lowest BCUT2D eigenvalue weighted by molar-refractivity contribution is -0.119. The third kappa shape index (κ3) is 2.58. The highest BCUT2D eigenvalue weighted by Crippen LogP contribution is 2.20. The van der Waals surface area contributed by atoms with Crippen LogP contribution in [0.25, 0.3) is 10.9 Å². The molecular formula is C15H16N2O2. The number of carbonyl (C=O) groups excluding carboxylic acids is 1. The lowest BCUT2D eigenvalue weighted by Crippen LogP contribution is -2.22. The van der Waals surface area contributed by atoms with Gasteiger partial charge in [-0.25, -0.2) is 0 Å². The third-order valence-corrected chi connectivity index (χ3v) is 3.40. The van der Waals surface area contributed by atoms with Gasteiger partial charge in [-0.1, -0.05) is 11.6 Å². The predicted octanol–water partition coefficient (Wildman–Crippen LogP) is 2.52. The van der Waals surface area contributed by atoms with Crippen LogP contribution in [0.5, 0.6) is 0 Å². The number of hydrogen-bond acceptors (Lipinski definition) is 3. The lowest BCUT2D eigenvalue weighted by atomic mass is 10.1. The largest absolute Gasteiger partial charge is 0.381 e. The molecule has 1 unspecified atom stereocenters. The fourth-order valence-corrected chi connectivity index (χ4v) is 2.30. The number of rotatable bonds is 2. The molecule has 0 saturated carbocycles. The van der Waals surface area contributed by atoms with Crippen molar-refractivity contribution in [3.63, 3.8) is 0 Å². The molecule has 1 amide bonds. The SMILES string of the molecule is Cc1ccc2ncc(NC(=O)C3CCOC3)cc2c1. The minimum Gasteiger partial charge on any atom is -0.381 e. The third-order valence-electron chi connectivity index (χ3n) is 3.40. The Hall–Kier alpha value is -1.94. The van der Waals surface area contributed by atoms with E-state index >= 15 is 0 Å². The number of nitrogens with zero attached hydrogens (tertiary/aromatic N) is 1. The first kappa shape index (κ1) is 12.1. The zero-order valence-corrected chi connectivity index (χ0v) is 10.8. The molecule has 0 spiro atoms. The number of nitrogens with one attached hydrogen (secondary N) is 1. The van der Waals surface area contributed by atoms with E-state index in [2.05, 4.69) is 16.4 Å². The zero-order chi connectivity index (χ0) is 13.2. The van der Waals surface area contributed by atoms with E-state index in [-0.39, 0.29) is 11.8 Å². The number of amides is 1. The number of aryl methyl sites for hydroxylation is 1. The number of carbonyl (C=O) groups is 1. The average Bonchev–Trinajstić information content (AvgIpc) is 2.92. The number of benzene rings is 1. The molecule has 1 atom stereocenters. The summed E-state index contributed by atoms with van der Waals surface area (Å²) in [5.74, 6) is -0.0143. The van der Waals surface area contributed by atoms with Crippen LogP contribution in [-0.2, 0) is 9.53 Å². The molecule has 0 bridgehead atoms. The van der Waals surface area contributed by atoms with Gasteiger partial charge in [0.05, 0.1) is 29.9 Å². The molecule has 1 aromatic carbocycles. The van der Waals surface area contributed by atoms with Gasteiger partial charge in [0.15, 0.2) is 0 Å². The summed E-state index contributed by atoms with van der Waals surface area (Å²) in [6.07, 6.45) is 2.50. The van der Waals surface area contributed by atoms with E-state index in [1.54, 1.807) is 6.20 Å². The minimum absolute atomic E-state index is 0.0197. The monoisotopic (exact) mass is 256 g/mol. The van der Waals surface area contributed by atoms with Crippen LogP contribution in [0, 0.1) is 12.8 Å². The van der Waals surface area contributed by atoms with Crippen LogP contribution in [-0.4, -0.2) is 24.1 Å². The van der Waals surface area contributed by atoms with Gasteiger partial charge in [0.2, 0.25) is 5.91 Å². The molecule has 1 fully saturated rings. The van der Waals surface area contributed by atoms with Gasteiger partial charge >= 0.3 is 0 Å². The summed E-state index contributed by atoms with van der Waals surface area (Å²) >= 11 is 0. The number of fused-ring (bicyclic) bond motifs is 1. The fourth-order valence-electron chi connectivity index (χ4n) is 2.30. The van der Waals surface area contributed by atoms with E-state index in [0.29, 0.717) is 13.2 Å². The normalized spacial score (nSPS) is 18.7. The fraction of sp³-hybridized carbons (Fsp3) is 0.333. The van der Waals surface area contributed by atoms with Gasteiger partial charge in [0, 0.05) is 12.0 Å². The summed E-state index contributed by atoms with van der Waals surface area (Å²) in [7, 11) is 0. The van der Waals surface area contributed by atoms with Crippen LogP contribution >= 0.6 is 0 Å². The van der Waals surface area contributed by atoms with Gasteiger partial charge in [0.1, 0.15) is 0 Å². The van der Waals surface area contributed by atoms with Gasteiger partial charge in [-0.3, -0.25) is 9.78 Å². The van der Waals surface area contributed by atoms with E-state index < -0.39 is 0 Å². The van der Waals surface area contributed by atoms with Crippen LogP contribution in [0.2, 0.25) is 0 Å². The Morgan fingerprint density at radius 2 is 2.32 bits per heavy atom. The molecule has 4 heteroatoms. The van der Waals surface area contributed by atoms with E-state index in [4.69, 9.17) is 4.74 Å². The van der Waals surface area contributed by atoms with Gasteiger partial charge in [-0.2, -0.15) is 0 Å². The highest BCUT2D eigenvalue weighted by Gasteiger charge is 2.23. The number of anilines is 1. The van der Waals surface area contributed by atoms with Crippen molar-refractivity contribution in [2.24, 2.45) is 5.92 Å². The van der Waals surface area contributed by atoms with Crippen molar-refractivity contribution in [1.29, 1.82) is 0 Å². The van der Waals surface area contributed by atoms with E-state index in [9.17, 15) is 4.79 Å². The van der Waals surface area contributed by atoms with Crippen molar-refractivity contribution in [3.8, 4) is 0 Å². The van der Waals surface area contributed by atoms with E-state index in [1.807, 2.05) is 25.1 Å². The molecular weight excluding hydrogens is 240 g/mol. The zero-order valence-electron chi connectivity index (χ0n) is 10.8. The maximum atomic E-state index is 12.0. The van der Waals surface area contributed by atoms with Gasteiger partial charge in [-0.15, -0.1) is 0 Å². The first-order valence-electron chi connectivity index (χ1n) is 6.47. The van der Waals surface area contributed by atoms with Crippen LogP contribution in [0.4, 0.5) is 5.69 Å². The van der Waals surface area contributed by atoms with Gasteiger partial charge < -0.3 is 10.1 Å². The summed E-state index contributed by atoms with van der Waals surface area (Å²) in [5.41, 5.74) is 2.87. The predicted molar refractivity (Wildman–Crippen MR) is 74.0 cm³/mol. The first-order chi connectivity index (χ1) is 9.22. The molecule has 0 radical (unpaired) electrons. The van der Waals surface area contributed by atoms with E-state index in [0.717, 1.165) is 23.0 Å². The van der Waals surface area contributed by atoms with Gasteiger partial charge in [0.25, 0.3) is 0 Å². The van der Waals surface area contributed by atoms with Crippen LogP contribution in [0.3, 0.4) is 0 Å². The Labute approximate surface area is 111 Å². The average molecular weight is 256 g/mol. The van der Waals surface area contributed by atoms with Crippen molar-refractivity contribution in [2.45, 2.75) is 13.3 Å². The quantitative estimate of drug-likeness (QED) is 0.898. The lowest BCUT2D eigenvalue weighted by Gasteiger charge is -2.09. The molecule has 1 N–H and O–H groups in total. The van der Waals surface area contributed by atoms with Crippen LogP contribution in [0.1, 0.15) is 12.0 Å². The molecule has 2 heterocycles. The highest BCUT2D eigenvalue weighted by atomic mass is 16.5. The Bertz CT molecular complexity index is 619. The van der Waals surface area contributed by atoms with Crippen molar-refractivity contribution >= 4 is 22.5 Å². The Morgan fingerprint density at radius 3 is 3.11 bits per heavy atom. The summed E-state index contributed by atoms with van der Waals surface area (Å²) in [4.78, 5) is 16.4. The van der Waals surface area contributed by atoms with Crippen molar-refractivity contribution in [1.82, 2.24) is 4.98 Å². The molecule has 0 aliphatic carbocycles. The summed E-state index contributed by atoms with van der Waals surface area (Å²) < 4.78 is 5.23. The first-order valence-corrected chi connectivity index (χ1v) is 6.47. The number of ether oxygens (including phenoxy) is 1. The Balaban J connectivity index is 1.82. The molecule has 2 aromatic rings. The molecule has 1 aromatic heterocycles. The smallest absolute Gasteiger partial charge is 0.229 e. The van der Waals surface area contributed by atoms with Crippen LogP contribution < -0.4 is 5.32 Å². The Kier molecular flexibility index (Phi) is 3.17. The summed E-state index contributed by atoms with van der Waals surface area (Å²) in [6, 6.07) is 8.05. The topological polar surface area (TPSA) is 51.2 Å². The second-order valence-corrected chi connectivity index (χ2v) is 4.97. The molecule has 98 valence electrons. The minimum atomic E-state index is -0.0341. The summed E-state index contributed by atoms with van der Waals surface area (Å²) in [6.45, 7) is 3.24. The molecule has 3 rings (SSSR count). The maximum absolute atomic E-state index is 12.0. The standard InChI is InChI=1S/C15H16N2O2/c1-10-2-3-14-12(6-10)7-13(8-16-14)17-15(18)11-4-5-19-9-11/h2-3,6-8,11H,4-5,9H2,1H3,(H,17,18). The van der Waals surface area contributed by atoms with Gasteiger partial charge in [-0.05, 0) is 31.5 Å². The molecule has 4 nitrogen and oxygen atoms in total. The second-order valence-electron chi connectivity index (χ2n) is 4.97. The van der Waals surface area contributed by atoms with Crippen molar-refractivity contribution < 1.29 is 9.53 Å². The molecule has 19 heavy (non-hydrogen) atoms. The number of aromatic nitrogens is 1. The summed E-state index contributed by atoms with van der Waals surface area (Å²) in [5, 5.41) is 3.96. The molecule has 1 saturated heterocycles.